The Hall–Kier alpha value is 0.280. The Morgan fingerprint density at radius 2 is 1.95 bits per heavy atom. The predicted octanol–water partition coefficient (Wildman–Crippen LogP) is 3.78. The van der Waals surface area contributed by atoms with Crippen LogP contribution in [0.2, 0.25) is 0 Å². The van der Waals surface area contributed by atoms with Crippen LogP contribution in [-0.2, 0) is 10.0 Å². The number of rotatable bonds is 5. The summed E-state index contributed by atoms with van der Waals surface area (Å²) in [6.07, 6.45) is 0. The van der Waals surface area contributed by atoms with Gasteiger partial charge in [0.1, 0.15) is 0 Å². The minimum Gasteiger partial charge on any atom is -0.206 e. The van der Waals surface area contributed by atoms with Gasteiger partial charge in [0.15, 0.2) is 0 Å². The van der Waals surface area contributed by atoms with Crippen molar-refractivity contribution in [2.45, 2.75) is 8.81 Å². The molecular formula is C10H7Cl2FINO2S2. The molecular weight excluding hydrogens is 447 g/mol. The minimum atomic E-state index is -3.92. The van der Waals surface area contributed by atoms with E-state index in [4.69, 9.17) is 23.2 Å². The van der Waals surface area contributed by atoms with Gasteiger partial charge in [0.2, 0.25) is 0 Å². The van der Waals surface area contributed by atoms with E-state index in [1.54, 1.807) is 40.8 Å². The van der Waals surface area contributed by atoms with E-state index in [2.05, 4.69) is 9.85 Å². The van der Waals surface area contributed by atoms with Crippen LogP contribution in [0.5, 0.6) is 0 Å². The molecule has 0 aliphatic rings. The van der Waals surface area contributed by atoms with Gasteiger partial charge in [-0.15, -0.1) is 3.71 Å². The van der Waals surface area contributed by atoms with Crippen LogP contribution in [-0.4, -0.2) is 22.6 Å². The molecule has 0 heterocycles. The van der Waals surface area contributed by atoms with Crippen molar-refractivity contribution in [1.82, 2.24) is 3.71 Å². The van der Waals surface area contributed by atoms with E-state index in [1.807, 2.05) is 0 Å². The van der Waals surface area contributed by atoms with Crippen molar-refractivity contribution in [2.24, 2.45) is 0 Å². The van der Waals surface area contributed by atoms with E-state index in [9.17, 15) is 12.8 Å². The average Bonchev–Trinajstić information content (AvgIpc) is 2.34. The summed E-state index contributed by atoms with van der Waals surface area (Å²) < 4.78 is 38.2. The van der Waals surface area contributed by atoms with Gasteiger partial charge in [0, 0.05) is 34.5 Å². The summed E-state index contributed by atoms with van der Waals surface area (Å²) in [6.45, 7) is -0.226. The molecule has 9 heteroatoms. The average molecular weight is 454 g/mol. The first-order chi connectivity index (χ1) is 8.77. The molecule has 0 saturated heterocycles. The van der Waals surface area contributed by atoms with Gasteiger partial charge in [-0.25, -0.2) is 8.42 Å². The van der Waals surface area contributed by atoms with Crippen molar-refractivity contribution in [3.8, 4) is 9.85 Å². The van der Waals surface area contributed by atoms with Crippen LogP contribution in [0.25, 0.3) is 0 Å². The molecule has 0 aliphatic carbocycles. The monoisotopic (exact) mass is 453 g/mol. The quantitative estimate of drug-likeness (QED) is 0.294. The van der Waals surface area contributed by atoms with Crippen LogP contribution in [0.4, 0.5) is 4.39 Å². The molecule has 19 heavy (non-hydrogen) atoms. The van der Waals surface area contributed by atoms with Crippen molar-refractivity contribution >= 4 is 67.8 Å². The first-order valence-corrected chi connectivity index (χ1v) is 8.74. The van der Waals surface area contributed by atoms with E-state index in [-0.39, 0.29) is 23.4 Å². The molecule has 0 aliphatic heterocycles. The first kappa shape index (κ1) is 17.3. The maximum Gasteiger partial charge on any atom is 0.319 e. The van der Waals surface area contributed by atoms with Gasteiger partial charge >= 0.3 is 3.92 Å². The highest BCUT2D eigenvalue weighted by molar-refractivity contribution is 14.1. The fourth-order valence-electron chi connectivity index (χ4n) is 1.09. The Bertz CT molecular complexity index is 581. The third kappa shape index (κ3) is 5.65. The summed E-state index contributed by atoms with van der Waals surface area (Å²) >= 11 is 12.3. The number of sulfonamides is 1. The molecule has 0 saturated carbocycles. The summed E-state index contributed by atoms with van der Waals surface area (Å²) in [5.41, 5.74) is 0. The Morgan fingerprint density at radius 1 is 1.37 bits per heavy atom. The molecule has 0 bridgehead atoms. The maximum absolute atomic E-state index is 13.3. The molecule has 0 fully saturated rings. The Morgan fingerprint density at radius 3 is 2.42 bits per heavy atom. The zero-order valence-corrected chi connectivity index (χ0v) is 14.5. The summed E-state index contributed by atoms with van der Waals surface area (Å²) in [5.74, 6) is 2.53. The third-order valence-electron chi connectivity index (χ3n) is 1.79. The smallest absolute Gasteiger partial charge is 0.206 e. The van der Waals surface area contributed by atoms with E-state index < -0.39 is 13.9 Å². The van der Waals surface area contributed by atoms with Crippen LogP contribution >= 0.6 is 57.7 Å². The van der Waals surface area contributed by atoms with E-state index >= 15 is 0 Å². The molecule has 0 radical (unpaired) electrons. The van der Waals surface area contributed by atoms with Crippen molar-refractivity contribution in [3.63, 3.8) is 0 Å². The molecule has 1 rings (SSSR count). The lowest BCUT2D eigenvalue weighted by Gasteiger charge is -2.21. The van der Waals surface area contributed by atoms with Gasteiger partial charge in [0.25, 0.3) is 10.0 Å². The summed E-state index contributed by atoms with van der Waals surface area (Å²) in [4.78, 5) is 0.00958. The SMILES string of the molecule is O=S(=O)(c1ccccc1)N(CC#CI)SC(F)(Cl)Cl. The Kier molecular flexibility index (Phi) is 6.69. The summed E-state index contributed by atoms with van der Waals surface area (Å²) in [7, 11) is -3.92. The zero-order valence-electron chi connectivity index (χ0n) is 9.19. The maximum atomic E-state index is 13.3. The van der Waals surface area contributed by atoms with Gasteiger partial charge < -0.3 is 0 Å². The normalized spacial score (nSPS) is 12.1. The van der Waals surface area contributed by atoms with Gasteiger partial charge in [-0.05, 0) is 16.1 Å². The number of nitrogens with zero attached hydrogens (tertiary/aromatic N) is 1. The molecule has 0 N–H and O–H groups in total. The summed E-state index contributed by atoms with van der Waals surface area (Å²) in [5, 5.41) is 0. The fraction of sp³-hybridized carbons (Fsp3) is 0.200. The molecule has 0 aromatic heterocycles. The predicted molar refractivity (Wildman–Crippen MR) is 85.3 cm³/mol. The molecule has 0 spiro atoms. The van der Waals surface area contributed by atoms with Gasteiger partial charge in [-0.2, -0.15) is 4.39 Å². The van der Waals surface area contributed by atoms with E-state index in [0.717, 1.165) is 0 Å². The minimum absolute atomic E-state index is 0.00958. The summed E-state index contributed by atoms with van der Waals surface area (Å²) in [6, 6.07) is 7.57. The molecule has 0 amide bonds. The number of hydrogen-bond donors (Lipinski definition) is 0. The third-order valence-corrected chi connectivity index (χ3v) is 5.47. The second-order valence-electron chi connectivity index (χ2n) is 3.09. The lowest BCUT2D eigenvalue weighted by atomic mass is 10.4. The molecule has 104 valence electrons. The molecule has 3 nitrogen and oxygen atoms in total. The topological polar surface area (TPSA) is 37.4 Å². The number of hydrogen-bond acceptors (Lipinski definition) is 3. The van der Waals surface area contributed by atoms with E-state index in [0.29, 0.717) is 3.71 Å². The lowest BCUT2D eigenvalue weighted by Crippen LogP contribution is -2.28. The second-order valence-corrected chi connectivity index (χ2v) is 8.59. The van der Waals surface area contributed by atoms with Crippen molar-refractivity contribution in [1.29, 1.82) is 0 Å². The highest BCUT2D eigenvalue weighted by Crippen LogP contribution is 2.40. The van der Waals surface area contributed by atoms with Crippen molar-refractivity contribution in [3.05, 3.63) is 30.3 Å². The largest absolute Gasteiger partial charge is 0.319 e. The molecule has 0 atom stereocenters. The number of benzene rings is 1. The van der Waals surface area contributed by atoms with Crippen LogP contribution in [0, 0.1) is 9.85 Å². The van der Waals surface area contributed by atoms with Gasteiger partial charge in [0.05, 0.1) is 11.4 Å². The van der Waals surface area contributed by atoms with Crippen molar-refractivity contribution < 1.29 is 12.8 Å². The van der Waals surface area contributed by atoms with Gasteiger partial charge in [-0.1, -0.05) is 47.3 Å². The van der Waals surface area contributed by atoms with Crippen LogP contribution in [0.3, 0.4) is 0 Å². The number of alkyl halides is 3. The zero-order chi connectivity index (χ0) is 14.5. The van der Waals surface area contributed by atoms with Gasteiger partial charge in [-0.3, -0.25) is 0 Å². The molecule has 1 aromatic carbocycles. The van der Waals surface area contributed by atoms with Crippen molar-refractivity contribution in [2.75, 3.05) is 6.54 Å². The standard InChI is InChI=1S/C10H7Cl2FINO2S2/c11-10(12,13)18-15(8-4-7-14)19(16,17)9-5-2-1-3-6-9/h1-3,5-6H,8H2. The molecule has 1 aromatic rings. The highest BCUT2D eigenvalue weighted by Gasteiger charge is 2.34. The number of halogens is 4. The lowest BCUT2D eigenvalue weighted by molar-refractivity contribution is 0.502. The van der Waals surface area contributed by atoms with Crippen LogP contribution in [0.1, 0.15) is 0 Å². The highest BCUT2D eigenvalue weighted by atomic mass is 127. The first-order valence-electron chi connectivity index (χ1n) is 4.69. The van der Waals surface area contributed by atoms with E-state index in [1.165, 1.54) is 12.1 Å². The molecule has 0 unspecified atom stereocenters. The fourth-order valence-corrected chi connectivity index (χ4v) is 4.29. The Balaban J connectivity index is 3.12. The second kappa shape index (κ2) is 7.33. The van der Waals surface area contributed by atoms with Crippen LogP contribution < -0.4 is 0 Å². The Labute approximate surface area is 139 Å². The van der Waals surface area contributed by atoms with Crippen LogP contribution in [0.15, 0.2) is 35.2 Å².